The highest BCUT2D eigenvalue weighted by Gasteiger charge is 2.27. The molecule has 3 N–H and O–H groups in total. The van der Waals surface area contributed by atoms with Gasteiger partial charge in [0.1, 0.15) is 6.17 Å². The predicted octanol–water partition coefficient (Wildman–Crippen LogP) is 2.22. The van der Waals surface area contributed by atoms with Crippen LogP contribution in [0.15, 0.2) is 36.9 Å². The number of nitrogens with one attached hydrogen (secondary N) is 2. The minimum Gasteiger partial charge on any atom is -0.387 e. The third-order valence-electron chi connectivity index (χ3n) is 5.49. The van der Waals surface area contributed by atoms with Crippen LogP contribution in [0.4, 0.5) is 10.1 Å². The number of aliphatic hydroxyl groups is 1. The van der Waals surface area contributed by atoms with Crippen molar-refractivity contribution in [2.24, 2.45) is 0 Å². The van der Waals surface area contributed by atoms with Gasteiger partial charge in [0.25, 0.3) is 5.91 Å². The first-order chi connectivity index (χ1) is 15.3. The lowest BCUT2D eigenvalue weighted by atomic mass is 10.0. The van der Waals surface area contributed by atoms with Crippen molar-refractivity contribution < 1.29 is 19.0 Å². The minimum atomic E-state index is -1.60. The Morgan fingerprint density at radius 1 is 1.34 bits per heavy atom. The Morgan fingerprint density at radius 2 is 2.12 bits per heavy atom. The molecule has 3 aromatic heterocycles. The molecule has 1 amide bonds. The molecule has 1 aliphatic heterocycles. The number of amides is 1. The molecular weight excluding hydrogens is 415 g/mol. The standard InChI is InChI=1S/C22H27FN6O3/c1-22(2,31)19(23)13-26-21(30)16-11-25-17(10-18(16)28-14-4-8-32-9-5-14)15-12-27-29-7-3-6-24-20(15)29/h3,6-7,10-12,14,19,31H,4-5,8-9,13H2,1-2H3,(H,25,28)(H,26,30)/t19-/m1/s1. The van der Waals surface area contributed by atoms with Crippen LogP contribution in [-0.2, 0) is 4.74 Å². The zero-order chi connectivity index (χ0) is 22.7. The molecule has 0 spiro atoms. The van der Waals surface area contributed by atoms with Crippen molar-refractivity contribution in [3.05, 3.63) is 42.5 Å². The van der Waals surface area contributed by atoms with Crippen LogP contribution in [-0.4, -0.2) is 68.2 Å². The van der Waals surface area contributed by atoms with Gasteiger partial charge in [-0.05, 0) is 38.8 Å². The average Bonchev–Trinajstić information content (AvgIpc) is 3.21. The van der Waals surface area contributed by atoms with Crippen LogP contribution in [0.1, 0.15) is 37.0 Å². The average molecular weight is 442 g/mol. The number of anilines is 1. The van der Waals surface area contributed by atoms with Gasteiger partial charge in [-0.1, -0.05) is 0 Å². The summed E-state index contributed by atoms with van der Waals surface area (Å²) in [5.74, 6) is -0.469. The molecule has 32 heavy (non-hydrogen) atoms. The number of rotatable bonds is 7. The highest BCUT2D eigenvalue weighted by molar-refractivity contribution is 6.00. The van der Waals surface area contributed by atoms with Gasteiger partial charge >= 0.3 is 0 Å². The fraction of sp³-hybridized carbons (Fsp3) is 0.455. The molecule has 4 heterocycles. The van der Waals surface area contributed by atoms with E-state index in [1.54, 1.807) is 35.2 Å². The number of nitrogens with zero attached hydrogens (tertiary/aromatic N) is 4. The highest BCUT2D eigenvalue weighted by atomic mass is 19.1. The molecule has 170 valence electrons. The van der Waals surface area contributed by atoms with E-state index in [4.69, 9.17) is 4.74 Å². The maximum Gasteiger partial charge on any atom is 0.255 e. The Labute approximate surface area is 185 Å². The first kappa shape index (κ1) is 22.1. The molecular formula is C22H27FN6O3. The van der Waals surface area contributed by atoms with Crippen molar-refractivity contribution in [3.63, 3.8) is 0 Å². The Morgan fingerprint density at radius 3 is 2.88 bits per heavy atom. The third kappa shape index (κ3) is 4.86. The van der Waals surface area contributed by atoms with Crippen LogP contribution in [0.25, 0.3) is 16.9 Å². The first-order valence-corrected chi connectivity index (χ1v) is 10.6. The number of ether oxygens (including phenoxy) is 1. The summed E-state index contributed by atoms with van der Waals surface area (Å²) in [5, 5.41) is 20.1. The Hall–Kier alpha value is -3.11. The molecule has 1 fully saturated rings. The number of carbonyl (C=O) groups excluding carboxylic acids is 1. The van der Waals surface area contributed by atoms with E-state index in [-0.39, 0.29) is 12.6 Å². The summed E-state index contributed by atoms with van der Waals surface area (Å²) in [7, 11) is 0. The molecule has 1 atom stereocenters. The van der Waals surface area contributed by atoms with E-state index in [0.29, 0.717) is 35.8 Å². The largest absolute Gasteiger partial charge is 0.387 e. The fourth-order valence-electron chi connectivity index (χ4n) is 3.50. The summed E-state index contributed by atoms with van der Waals surface area (Å²) in [4.78, 5) is 21.7. The van der Waals surface area contributed by atoms with Crippen LogP contribution < -0.4 is 10.6 Å². The second-order valence-electron chi connectivity index (χ2n) is 8.42. The lowest BCUT2D eigenvalue weighted by Gasteiger charge is -2.26. The van der Waals surface area contributed by atoms with Crippen LogP contribution in [0, 0.1) is 0 Å². The number of aromatic nitrogens is 4. The maximum atomic E-state index is 14.1. The second-order valence-corrected chi connectivity index (χ2v) is 8.42. The van der Waals surface area contributed by atoms with Gasteiger partial charge in [-0.3, -0.25) is 9.78 Å². The number of carbonyl (C=O) groups is 1. The van der Waals surface area contributed by atoms with Crippen molar-refractivity contribution in [1.82, 2.24) is 24.9 Å². The van der Waals surface area contributed by atoms with Gasteiger partial charge in [-0.15, -0.1) is 0 Å². The van der Waals surface area contributed by atoms with Gasteiger partial charge in [-0.2, -0.15) is 5.10 Å². The van der Waals surface area contributed by atoms with Crippen molar-refractivity contribution in [2.75, 3.05) is 25.1 Å². The van der Waals surface area contributed by atoms with E-state index in [2.05, 4.69) is 25.7 Å². The zero-order valence-corrected chi connectivity index (χ0v) is 18.1. The SMILES string of the molecule is CC(C)(O)[C@H](F)CNC(=O)c1cnc(-c2cnn3cccnc23)cc1NC1CCOCC1. The molecule has 0 radical (unpaired) electrons. The monoisotopic (exact) mass is 442 g/mol. The van der Waals surface area contributed by atoms with Crippen LogP contribution in [0.3, 0.4) is 0 Å². The Balaban J connectivity index is 1.63. The minimum absolute atomic E-state index is 0.137. The smallest absolute Gasteiger partial charge is 0.255 e. The Bertz CT molecular complexity index is 1090. The summed E-state index contributed by atoms with van der Waals surface area (Å²) in [6.07, 6.45) is 6.64. The molecule has 9 nitrogen and oxygen atoms in total. The molecule has 0 saturated carbocycles. The van der Waals surface area contributed by atoms with Gasteiger partial charge in [-0.25, -0.2) is 13.9 Å². The van der Waals surface area contributed by atoms with E-state index in [9.17, 15) is 14.3 Å². The van der Waals surface area contributed by atoms with E-state index in [1.165, 1.54) is 20.0 Å². The van der Waals surface area contributed by atoms with Crippen LogP contribution >= 0.6 is 0 Å². The first-order valence-electron chi connectivity index (χ1n) is 10.6. The summed E-state index contributed by atoms with van der Waals surface area (Å²) in [6.45, 7) is 3.71. The molecule has 0 aromatic carbocycles. The second kappa shape index (κ2) is 9.17. The normalized spacial score (nSPS) is 16.1. The van der Waals surface area contributed by atoms with Gasteiger partial charge < -0.3 is 20.5 Å². The molecule has 1 aliphatic rings. The molecule has 4 rings (SSSR count). The number of fused-ring (bicyclic) bond motifs is 1. The number of alkyl halides is 1. The summed E-state index contributed by atoms with van der Waals surface area (Å²) < 4.78 is 21.2. The lowest BCUT2D eigenvalue weighted by molar-refractivity contribution is -0.00177. The number of hydrogen-bond acceptors (Lipinski definition) is 7. The maximum absolute atomic E-state index is 14.1. The topological polar surface area (TPSA) is 114 Å². The summed E-state index contributed by atoms with van der Waals surface area (Å²) in [5.41, 5.74) is 1.35. The van der Waals surface area contributed by atoms with Crippen LogP contribution in [0.5, 0.6) is 0 Å². The Kier molecular flexibility index (Phi) is 6.33. The molecule has 10 heteroatoms. The highest BCUT2D eigenvalue weighted by Crippen LogP contribution is 2.27. The van der Waals surface area contributed by atoms with E-state index < -0.39 is 17.7 Å². The summed E-state index contributed by atoms with van der Waals surface area (Å²) >= 11 is 0. The third-order valence-corrected chi connectivity index (χ3v) is 5.49. The van der Waals surface area contributed by atoms with Gasteiger partial charge in [0.2, 0.25) is 0 Å². The van der Waals surface area contributed by atoms with Crippen molar-refractivity contribution in [2.45, 2.75) is 44.5 Å². The van der Waals surface area contributed by atoms with Crippen LogP contribution in [0.2, 0.25) is 0 Å². The number of hydrogen-bond donors (Lipinski definition) is 3. The molecule has 0 unspecified atom stereocenters. The van der Waals surface area contributed by atoms with Crippen molar-refractivity contribution >= 4 is 17.2 Å². The van der Waals surface area contributed by atoms with Gasteiger partial charge in [0, 0.05) is 37.8 Å². The van der Waals surface area contributed by atoms with E-state index in [1.807, 2.05) is 0 Å². The van der Waals surface area contributed by atoms with Crippen molar-refractivity contribution in [1.29, 1.82) is 0 Å². The predicted molar refractivity (Wildman–Crippen MR) is 117 cm³/mol. The fourth-order valence-corrected chi connectivity index (χ4v) is 3.50. The van der Waals surface area contributed by atoms with E-state index in [0.717, 1.165) is 18.4 Å². The van der Waals surface area contributed by atoms with Crippen molar-refractivity contribution in [3.8, 4) is 11.3 Å². The van der Waals surface area contributed by atoms with Gasteiger partial charge in [0.15, 0.2) is 5.65 Å². The molecule has 1 saturated heterocycles. The van der Waals surface area contributed by atoms with E-state index >= 15 is 0 Å². The van der Waals surface area contributed by atoms with Gasteiger partial charge in [0.05, 0.1) is 40.9 Å². The zero-order valence-electron chi connectivity index (χ0n) is 18.1. The molecule has 3 aromatic rings. The molecule has 0 bridgehead atoms. The quantitative estimate of drug-likeness (QED) is 0.514. The number of halogens is 1. The number of pyridine rings is 1. The summed E-state index contributed by atoms with van der Waals surface area (Å²) in [6, 6.07) is 3.71. The lowest BCUT2D eigenvalue weighted by Crippen LogP contribution is -2.42. The molecule has 0 aliphatic carbocycles.